The van der Waals surface area contributed by atoms with E-state index in [1.165, 1.54) is 5.56 Å². The molecule has 1 atom stereocenters. The normalized spacial score (nSPS) is 12.7. The van der Waals surface area contributed by atoms with E-state index >= 15 is 0 Å². The first-order valence-electron chi connectivity index (χ1n) is 9.77. The van der Waals surface area contributed by atoms with E-state index in [0.29, 0.717) is 24.7 Å². The van der Waals surface area contributed by atoms with E-state index in [-0.39, 0.29) is 11.9 Å². The summed E-state index contributed by atoms with van der Waals surface area (Å²) in [5, 5.41) is 3.20. The fourth-order valence-corrected chi connectivity index (χ4v) is 3.32. The molecule has 27 heavy (non-hydrogen) atoms. The summed E-state index contributed by atoms with van der Waals surface area (Å²) < 4.78 is 0. The van der Waals surface area contributed by atoms with Crippen LogP contribution in [0.5, 0.6) is 0 Å². The van der Waals surface area contributed by atoms with Crippen molar-refractivity contribution < 1.29 is 4.79 Å². The highest BCUT2D eigenvalue weighted by Gasteiger charge is 2.18. The van der Waals surface area contributed by atoms with Gasteiger partial charge in [-0.3, -0.25) is 4.79 Å². The third-order valence-corrected chi connectivity index (χ3v) is 4.97. The first-order chi connectivity index (χ1) is 12.9. The van der Waals surface area contributed by atoms with Crippen molar-refractivity contribution in [1.82, 2.24) is 15.3 Å². The van der Waals surface area contributed by atoms with Crippen molar-refractivity contribution in [3.05, 3.63) is 65.5 Å². The molecule has 1 heterocycles. The fraction of sp³-hybridized carbons (Fsp3) is 0.391. The maximum absolute atomic E-state index is 12.5. The van der Waals surface area contributed by atoms with Gasteiger partial charge in [0.15, 0.2) is 0 Å². The van der Waals surface area contributed by atoms with Crippen molar-refractivity contribution in [2.24, 2.45) is 5.92 Å². The van der Waals surface area contributed by atoms with Gasteiger partial charge in [-0.2, -0.15) is 0 Å². The summed E-state index contributed by atoms with van der Waals surface area (Å²) in [7, 11) is 0. The number of aromatic amines is 1. The van der Waals surface area contributed by atoms with E-state index in [1.807, 2.05) is 24.3 Å². The maximum Gasteiger partial charge on any atom is 0.220 e. The maximum atomic E-state index is 12.5. The van der Waals surface area contributed by atoms with Crippen molar-refractivity contribution in [3.8, 4) is 0 Å². The lowest BCUT2D eigenvalue weighted by Crippen LogP contribution is -2.32. The molecule has 0 radical (unpaired) electrons. The number of hydrogen-bond donors (Lipinski definition) is 2. The Balaban J connectivity index is 1.62. The van der Waals surface area contributed by atoms with Crippen molar-refractivity contribution in [3.63, 3.8) is 0 Å². The van der Waals surface area contributed by atoms with Gasteiger partial charge >= 0.3 is 0 Å². The molecule has 2 aromatic carbocycles. The number of carbonyl (C=O) groups is 1. The van der Waals surface area contributed by atoms with E-state index in [1.54, 1.807) is 0 Å². The molecule has 0 saturated heterocycles. The molecule has 0 aliphatic rings. The number of rotatable bonds is 7. The van der Waals surface area contributed by atoms with Crippen LogP contribution >= 0.6 is 0 Å². The van der Waals surface area contributed by atoms with E-state index in [4.69, 9.17) is 0 Å². The highest BCUT2D eigenvalue weighted by Crippen LogP contribution is 2.24. The highest BCUT2D eigenvalue weighted by atomic mass is 16.1. The Kier molecular flexibility index (Phi) is 5.94. The molecule has 0 aliphatic heterocycles. The number of imidazole rings is 1. The number of para-hydroxylation sites is 2. The number of nitrogens with zero attached hydrogens (tertiary/aromatic N) is 1. The van der Waals surface area contributed by atoms with Crippen LogP contribution in [0.3, 0.4) is 0 Å². The summed E-state index contributed by atoms with van der Waals surface area (Å²) in [5.41, 5.74) is 4.43. The van der Waals surface area contributed by atoms with Gasteiger partial charge < -0.3 is 10.3 Å². The molecule has 1 unspecified atom stereocenters. The van der Waals surface area contributed by atoms with Crippen LogP contribution in [0.2, 0.25) is 0 Å². The quantitative estimate of drug-likeness (QED) is 0.611. The summed E-state index contributed by atoms with van der Waals surface area (Å²) in [6.07, 6.45) is 1.03. The second kappa shape index (κ2) is 8.38. The van der Waals surface area contributed by atoms with Crippen LogP contribution in [-0.4, -0.2) is 15.9 Å². The van der Waals surface area contributed by atoms with E-state index in [0.717, 1.165) is 22.4 Å². The van der Waals surface area contributed by atoms with Gasteiger partial charge in [0.2, 0.25) is 5.91 Å². The fourth-order valence-electron chi connectivity index (χ4n) is 3.32. The van der Waals surface area contributed by atoms with Gasteiger partial charge in [-0.25, -0.2) is 4.98 Å². The lowest BCUT2D eigenvalue weighted by atomic mass is 9.93. The predicted octanol–water partition coefficient (Wildman–Crippen LogP) is 5.13. The van der Waals surface area contributed by atoms with Crippen LogP contribution in [-0.2, 0) is 11.2 Å². The summed E-state index contributed by atoms with van der Waals surface area (Å²) >= 11 is 0. The molecular formula is C23H29N3O. The minimum absolute atomic E-state index is 0.0226. The third kappa shape index (κ3) is 4.76. The number of nitrogens with one attached hydrogen (secondary N) is 2. The van der Waals surface area contributed by atoms with E-state index in [9.17, 15) is 4.79 Å². The van der Waals surface area contributed by atoms with Crippen LogP contribution < -0.4 is 5.32 Å². The summed E-state index contributed by atoms with van der Waals surface area (Å²) in [6.45, 7) is 8.66. The monoisotopic (exact) mass is 363 g/mol. The Bertz CT molecular complexity index is 860. The van der Waals surface area contributed by atoms with Crippen LogP contribution in [0, 0.1) is 5.92 Å². The average Bonchev–Trinajstić information content (AvgIpc) is 3.07. The Morgan fingerprint density at radius 2 is 1.67 bits per heavy atom. The molecule has 142 valence electrons. The number of amides is 1. The minimum Gasteiger partial charge on any atom is -0.349 e. The zero-order valence-corrected chi connectivity index (χ0v) is 16.6. The zero-order chi connectivity index (χ0) is 19.4. The number of hydrogen-bond acceptors (Lipinski definition) is 2. The highest BCUT2D eigenvalue weighted by molar-refractivity contribution is 5.77. The van der Waals surface area contributed by atoms with Crippen molar-refractivity contribution in [2.75, 3.05) is 0 Å². The van der Waals surface area contributed by atoms with Gasteiger partial charge in [-0.05, 0) is 35.1 Å². The summed E-state index contributed by atoms with van der Waals surface area (Å²) in [4.78, 5) is 20.4. The summed E-state index contributed by atoms with van der Waals surface area (Å²) in [6, 6.07) is 16.6. The van der Waals surface area contributed by atoms with Crippen LogP contribution in [0.15, 0.2) is 48.5 Å². The summed E-state index contributed by atoms with van der Waals surface area (Å²) in [5.74, 6) is 1.75. The largest absolute Gasteiger partial charge is 0.349 e. The molecular weight excluding hydrogens is 334 g/mol. The van der Waals surface area contributed by atoms with Gasteiger partial charge in [0.05, 0.1) is 17.1 Å². The minimum atomic E-state index is 0.0226. The van der Waals surface area contributed by atoms with Gasteiger partial charge in [-0.15, -0.1) is 0 Å². The third-order valence-electron chi connectivity index (χ3n) is 4.97. The Morgan fingerprint density at radius 3 is 2.30 bits per heavy atom. The number of aromatic nitrogens is 2. The number of carbonyl (C=O) groups excluding carboxylic acids is 1. The number of H-pyrrole nitrogens is 1. The Morgan fingerprint density at radius 1 is 1.00 bits per heavy atom. The topological polar surface area (TPSA) is 57.8 Å². The van der Waals surface area contributed by atoms with Gasteiger partial charge in [0, 0.05) is 12.8 Å². The van der Waals surface area contributed by atoms with E-state index < -0.39 is 0 Å². The molecule has 4 nitrogen and oxygen atoms in total. The Labute approximate surface area is 161 Å². The van der Waals surface area contributed by atoms with E-state index in [2.05, 4.69) is 67.2 Å². The second-order valence-corrected chi connectivity index (χ2v) is 7.81. The van der Waals surface area contributed by atoms with Gasteiger partial charge in [0.1, 0.15) is 5.82 Å². The molecule has 1 aromatic heterocycles. The molecule has 0 fully saturated rings. The van der Waals surface area contributed by atoms with Gasteiger partial charge in [0.25, 0.3) is 0 Å². The Hall–Kier alpha value is -2.62. The van der Waals surface area contributed by atoms with Crippen molar-refractivity contribution in [2.45, 2.75) is 52.5 Å². The molecule has 2 N–H and O–H groups in total. The molecule has 0 aliphatic carbocycles. The average molecular weight is 364 g/mol. The van der Waals surface area contributed by atoms with Crippen molar-refractivity contribution in [1.29, 1.82) is 0 Å². The SMILES string of the molecule is CC(C)c1ccc(C(NC(=O)CCc2nc3ccccc3[nH]2)C(C)C)cc1. The molecule has 0 spiro atoms. The lowest BCUT2D eigenvalue weighted by molar-refractivity contribution is -0.122. The van der Waals surface area contributed by atoms with Crippen LogP contribution in [0.1, 0.15) is 63.0 Å². The number of aryl methyl sites for hydroxylation is 1. The lowest BCUT2D eigenvalue weighted by Gasteiger charge is -2.23. The van der Waals surface area contributed by atoms with Gasteiger partial charge in [-0.1, -0.05) is 64.1 Å². The smallest absolute Gasteiger partial charge is 0.220 e. The van der Waals surface area contributed by atoms with Crippen LogP contribution in [0.4, 0.5) is 0 Å². The second-order valence-electron chi connectivity index (χ2n) is 7.81. The number of benzene rings is 2. The number of fused-ring (bicyclic) bond motifs is 1. The first-order valence-corrected chi connectivity index (χ1v) is 9.77. The zero-order valence-electron chi connectivity index (χ0n) is 16.6. The van der Waals surface area contributed by atoms with Crippen LogP contribution in [0.25, 0.3) is 11.0 Å². The first kappa shape index (κ1) is 19.2. The molecule has 0 saturated carbocycles. The molecule has 3 rings (SSSR count). The molecule has 3 aromatic rings. The predicted molar refractivity (Wildman–Crippen MR) is 111 cm³/mol. The molecule has 4 heteroatoms. The molecule has 1 amide bonds. The van der Waals surface area contributed by atoms with Crippen molar-refractivity contribution >= 4 is 16.9 Å². The standard InChI is InChI=1S/C23H29N3O/c1-15(2)17-9-11-18(12-10-17)23(16(3)4)26-22(27)14-13-21-24-19-7-5-6-8-20(19)25-21/h5-12,15-16,23H,13-14H2,1-4H3,(H,24,25)(H,26,27). The molecule has 0 bridgehead atoms.